The summed E-state index contributed by atoms with van der Waals surface area (Å²) in [4.78, 5) is 16.7. The Bertz CT molecular complexity index is 1080. The standard InChI is InChI=1S/C25H28ClN3O5/c1-31-22-14-17(7-12-21(22)33-16-20-4-3-13-32-20)15-27-23(30)5-2-6-24-28-25(29-34-24)18-8-10-19(26)11-9-18/h7-12,14,20H,2-6,13,15-16H2,1H3,(H,27,30). The molecule has 0 saturated carbocycles. The van der Waals surface area contributed by atoms with Crippen LogP contribution in [0.25, 0.3) is 11.4 Å². The van der Waals surface area contributed by atoms with Crippen molar-refractivity contribution in [1.29, 1.82) is 0 Å². The second kappa shape index (κ2) is 11.9. The SMILES string of the molecule is COc1cc(CNC(=O)CCCc2nc(-c3ccc(Cl)cc3)no2)ccc1OCC1CCCO1. The number of rotatable bonds is 11. The van der Waals surface area contributed by atoms with Crippen LogP contribution in [0, 0.1) is 0 Å². The van der Waals surface area contributed by atoms with Crippen molar-refractivity contribution < 1.29 is 23.5 Å². The highest BCUT2D eigenvalue weighted by atomic mass is 35.5. The predicted molar refractivity (Wildman–Crippen MR) is 127 cm³/mol. The van der Waals surface area contributed by atoms with Gasteiger partial charge in [0.15, 0.2) is 11.5 Å². The van der Waals surface area contributed by atoms with Crippen LogP contribution in [-0.4, -0.2) is 42.5 Å². The predicted octanol–water partition coefficient (Wildman–Crippen LogP) is 4.60. The Kier molecular flexibility index (Phi) is 8.38. The minimum Gasteiger partial charge on any atom is -0.493 e. The third-order valence-corrected chi connectivity index (χ3v) is 5.78. The molecule has 1 aliphatic rings. The van der Waals surface area contributed by atoms with E-state index in [4.69, 9.17) is 30.3 Å². The molecule has 3 aromatic rings. The average Bonchev–Trinajstić information content (AvgIpc) is 3.54. The van der Waals surface area contributed by atoms with Gasteiger partial charge in [-0.1, -0.05) is 22.8 Å². The van der Waals surface area contributed by atoms with E-state index < -0.39 is 0 Å². The Labute approximate surface area is 203 Å². The molecule has 0 aliphatic carbocycles. The molecule has 1 atom stereocenters. The number of nitrogens with zero attached hydrogens (tertiary/aromatic N) is 2. The summed E-state index contributed by atoms with van der Waals surface area (Å²) in [5.74, 6) is 2.27. The summed E-state index contributed by atoms with van der Waals surface area (Å²) in [6, 6.07) is 12.9. The summed E-state index contributed by atoms with van der Waals surface area (Å²) in [5.41, 5.74) is 1.76. The van der Waals surface area contributed by atoms with Gasteiger partial charge < -0.3 is 24.1 Å². The maximum absolute atomic E-state index is 12.3. The van der Waals surface area contributed by atoms with Gasteiger partial charge >= 0.3 is 0 Å². The van der Waals surface area contributed by atoms with Crippen molar-refractivity contribution in [3.63, 3.8) is 0 Å². The second-order valence-electron chi connectivity index (χ2n) is 8.08. The molecule has 1 aromatic heterocycles. The van der Waals surface area contributed by atoms with Crippen molar-refractivity contribution in [3.05, 3.63) is 58.9 Å². The van der Waals surface area contributed by atoms with E-state index in [1.807, 2.05) is 30.3 Å². The van der Waals surface area contributed by atoms with Gasteiger partial charge in [0.25, 0.3) is 0 Å². The van der Waals surface area contributed by atoms with E-state index in [2.05, 4.69) is 15.5 Å². The monoisotopic (exact) mass is 485 g/mol. The van der Waals surface area contributed by atoms with E-state index >= 15 is 0 Å². The van der Waals surface area contributed by atoms with Crippen LogP contribution >= 0.6 is 11.6 Å². The van der Waals surface area contributed by atoms with Gasteiger partial charge in [-0.3, -0.25) is 4.79 Å². The molecule has 0 bridgehead atoms. The summed E-state index contributed by atoms with van der Waals surface area (Å²) in [7, 11) is 1.60. The van der Waals surface area contributed by atoms with Crippen molar-refractivity contribution in [2.24, 2.45) is 0 Å². The fourth-order valence-corrected chi connectivity index (χ4v) is 3.79. The van der Waals surface area contributed by atoms with Crippen LogP contribution in [0.15, 0.2) is 47.0 Å². The van der Waals surface area contributed by atoms with E-state index in [1.54, 1.807) is 19.2 Å². The highest BCUT2D eigenvalue weighted by Crippen LogP contribution is 2.29. The van der Waals surface area contributed by atoms with Crippen LogP contribution in [0.1, 0.15) is 37.1 Å². The molecule has 1 unspecified atom stereocenters. The second-order valence-corrected chi connectivity index (χ2v) is 8.52. The maximum Gasteiger partial charge on any atom is 0.226 e. The number of carbonyl (C=O) groups is 1. The molecular formula is C25H28ClN3O5. The van der Waals surface area contributed by atoms with Gasteiger partial charge in [-0.05, 0) is 61.2 Å². The zero-order valence-corrected chi connectivity index (χ0v) is 19.8. The zero-order valence-electron chi connectivity index (χ0n) is 19.1. The van der Waals surface area contributed by atoms with Crippen LogP contribution in [0.3, 0.4) is 0 Å². The third kappa shape index (κ3) is 6.71. The molecule has 0 radical (unpaired) electrons. The van der Waals surface area contributed by atoms with Crippen LogP contribution in [0.4, 0.5) is 0 Å². The first-order valence-electron chi connectivity index (χ1n) is 11.4. The molecule has 2 aromatic carbocycles. The molecule has 180 valence electrons. The number of carbonyl (C=O) groups excluding carboxylic acids is 1. The minimum absolute atomic E-state index is 0.0462. The van der Waals surface area contributed by atoms with Gasteiger partial charge in [0.1, 0.15) is 6.61 Å². The summed E-state index contributed by atoms with van der Waals surface area (Å²) >= 11 is 5.91. The van der Waals surface area contributed by atoms with Crippen molar-refractivity contribution in [2.45, 2.75) is 44.8 Å². The number of halogens is 1. The maximum atomic E-state index is 12.3. The number of hydrogen-bond donors (Lipinski definition) is 1. The van der Waals surface area contributed by atoms with Crippen molar-refractivity contribution in [1.82, 2.24) is 15.5 Å². The number of aryl methyl sites for hydroxylation is 1. The summed E-state index contributed by atoms with van der Waals surface area (Å²) in [6.45, 7) is 1.71. The molecule has 1 amide bonds. The minimum atomic E-state index is -0.0462. The summed E-state index contributed by atoms with van der Waals surface area (Å²) < 4.78 is 22.2. The highest BCUT2D eigenvalue weighted by molar-refractivity contribution is 6.30. The number of hydrogen-bond acceptors (Lipinski definition) is 7. The van der Waals surface area contributed by atoms with Gasteiger partial charge in [-0.15, -0.1) is 0 Å². The number of nitrogens with one attached hydrogen (secondary N) is 1. The van der Waals surface area contributed by atoms with Crippen LogP contribution in [0.5, 0.6) is 11.5 Å². The third-order valence-electron chi connectivity index (χ3n) is 5.53. The largest absolute Gasteiger partial charge is 0.493 e. The molecule has 4 rings (SSSR count). The van der Waals surface area contributed by atoms with Crippen molar-refractivity contribution in [3.8, 4) is 22.9 Å². The Hall–Kier alpha value is -3.10. The van der Waals surface area contributed by atoms with Crippen LogP contribution < -0.4 is 14.8 Å². The Morgan fingerprint density at radius 2 is 2.06 bits per heavy atom. The van der Waals surface area contributed by atoms with Gasteiger partial charge in [0.2, 0.25) is 17.6 Å². The number of aromatic nitrogens is 2. The molecule has 1 N–H and O–H groups in total. The van der Waals surface area contributed by atoms with Crippen molar-refractivity contribution >= 4 is 17.5 Å². The van der Waals surface area contributed by atoms with E-state index in [1.165, 1.54) is 0 Å². The van der Waals surface area contributed by atoms with Gasteiger partial charge in [-0.25, -0.2) is 0 Å². The first kappa shape index (κ1) is 24.0. The van der Waals surface area contributed by atoms with E-state index in [-0.39, 0.29) is 12.0 Å². The Morgan fingerprint density at radius 1 is 1.21 bits per heavy atom. The average molecular weight is 486 g/mol. The topological polar surface area (TPSA) is 95.7 Å². The van der Waals surface area contributed by atoms with Gasteiger partial charge in [0, 0.05) is 36.6 Å². The molecular weight excluding hydrogens is 458 g/mol. The fourth-order valence-electron chi connectivity index (χ4n) is 3.66. The van der Waals surface area contributed by atoms with Crippen molar-refractivity contribution in [2.75, 3.05) is 20.3 Å². The molecule has 9 heteroatoms. The van der Waals surface area contributed by atoms with Crippen LogP contribution in [0.2, 0.25) is 5.02 Å². The lowest BCUT2D eigenvalue weighted by molar-refractivity contribution is -0.121. The summed E-state index contributed by atoms with van der Waals surface area (Å²) in [5, 5.41) is 7.57. The van der Waals surface area contributed by atoms with Crippen LogP contribution in [-0.2, 0) is 22.5 Å². The zero-order chi connectivity index (χ0) is 23.8. The van der Waals surface area contributed by atoms with E-state index in [9.17, 15) is 4.79 Å². The first-order valence-corrected chi connectivity index (χ1v) is 11.7. The first-order chi connectivity index (χ1) is 16.6. The highest BCUT2D eigenvalue weighted by Gasteiger charge is 2.17. The quantitative estimate of drug-likeness (QED) is 0.424. The number of benzene rings is 2. The number of amides is 1. The molecule has 8 nitrogen and oxygen atoms in total. The molecule has 34 heavy (non-hydrogen) atoms. The molecule has 0 spiro atoms. The number of methoxy groups -OCH3 is 1. The lowest BCUT2D eigenvalue weighted by Gasteiger charge is -2.15. The van der Waals surface area contributed by atoms with E-state index in [0.717, 1.165) is 30.6 Å². The normalized spacial score (nSPS) is 15.3. The smallest absolute Gasteiger partial charge is 0.226 e. The number of ether oxygens (including phenoxy) is 3. The molecule has 1 aliphatic heterocycles. The Morgan fingerprint density at radius 3 is 2.82 bits per heavy atom. The van der Waals surface area contributed by atoms with Gasteiger partial charge in [-0.2, -0.15) is 4.98 Å². The molecule has 1 saturated heterocycles. The summed E-state index contributed by atoms with van der Waals surface area (Å²) in [6.07, 6.45) is 3.72. The fraction of sp³-hybridized carbons (Fsp3) is 0.400. The lowest BCUT2D eigenvalue weighted by Crippen LogP contribution is -2.22. The van der Waals surface area contributed by atoms with E-state index in [0.29, 0.717) is 60.7 Å². The molecule has 2 heterocycles. The molecule has 1 fully saturated rings. The van der Waals surface area contributed by atoms with Gasteiger partial charge in [0.05, 0.1) is 13.2 Å². The Balaban J connectivity index is 1.20. The lowest BCUT2D eigenvalue weighted by atomic mass is 10.2.